The summed E-state index contributed by atoms with van der Waals surface area (Å²) in [4.78, 5) is 30.1. The molecule has 96 valence electrons. The van der Waals surface area contributed by atoms with E-state index in [4.69, 9.17) is 9.84 Å². The van der Waals surface area contributed by atoms with Crippen LogP contribution in [0.1, 0.15) is 18.5 Å². The summed E-state index contributed by atoms with van der Waals surface area (Å²) >= 11 is 0. The summed E-state index contributed by atoms with van der Waals surface area (Å²) in [6, 6.07) is 1.69. The second-order valence-corrected chi connectivity index (χ2v) is 3.95. The Kier molecular flexibility index (Phi) is 3.83. The molecule has 2 heterocycles. The highest BCUT2D eigenvalue weighted by atomic mass is 16.5. The quantitative estimate of drug-likeness (QED) is 0.763. The van der Waals surface area contributed by atoms with Gasteiger partial charge in [0.15, 0.2) is 6.10 Å². The lowest BCUT2D eigenvalue weighted by Crippen LogP contribution is -2.35. The number of hydrogen-bond acceptors (Lipinski definition) is 5. The van der Waals surface area contributed by atoms with Crippen LogP contribution in [0.4, 0.5) is 0 Å². The molecule has 0 radical (unpaired) electrons. The number of carbonyl (C=O) groups is 2. The zero-order chi connectivity index (χ0) is 13.0. The van der Waals surface area contributed by atoms with E-state index in [0.29, 0.717) is 18.5 Å². The number of rotatable bonds is 4. The van der Waals surface area contributed by atoms with Gasteiger partial charge in [0.1, 0.15) is 12.4 Å². The maximum atomic E-state index is 11.7. The molecule has 1 amide bonds. The lowest BCUT2D eigenvalue weighted by molar-refractivity contribution is -0.151. The van der Waals surface area contributed by atoms with Crippen molar-refractivity contribution in [2.45, 2.75) is 31.6 Å². The van der Waals surface area contributed by atoms with Gasteiger partial charge in [-0.3, -0.25) is 4.79 Å². The summed E-state index contributed by atoms with van der Waals surface area (Å²) in [5.74, 6) is -1.33. The molecule has 7 nitrogen and oxygen atoms in total. The summed E-state index contributed by atoms with van der Waals surface area (Å²) < 4.78 is 5.13. The summed E-state index contributed by atoms with van der Waals surface area (Å²) in [5, 5.41) is 11.4. The van der Waals surface area contributed by atoms with Gasteiger partial charge in [-0.1, -0.05) is 0 Å². The highest BCUT2D eigenvalue weighted by Gasteiger charge is 2.34. The van der Waals surface area contributed by atoms with Crippen LogP contribution >= 0.6 is 0 Å². The molecule has 1 aromatic rings. The van der Waals surface area contributed by atoms with Crippen molar-refractivity contribution in [1.82, 2.24) is 15.3 Å². The van der Waals surface area contributed by atoms with E-state index in [1.807, 2.05) is 0 Å². The minimum absolute atomic E-state index is 0.277. The summed E-state index contributed by atoms with van der Waals surface area (Å²) in [6.45, 7) is 0.277. The third-order valence-corrected chi connectivity index (χ3v) is 2.67. The van der Waals surface area contributed by atoms with Crippen LogP contribution in [0, 0.1) is 0 Å². The predicted octanol–water partition coefficient (Wildman–Crippen LogP) is -0.275. The molecule has 0 saturated carbocycles. The molecule has 1 fully saturated rings. The maximum Gasteiger partial charge on any atom is 0.332 e. The Bertz CT molecular complexity index is 437. The number of aliphatic carboxylic acids is 1. The number of ether oxygens (including phenoxy) is 1. The number of amides is 1. The van der Waals surface area contributed by atoms with Gasteiger partial charge in [-0.25, -0.2) is 14.8 Å². The van der Waals surface area contributed by atoms with E-state index >= 15 is 0 Å². The van der Waals surface area contributed by atoms with E-state index in [0.717, 1.165) is 0 Å². The van der Waals surface area contributed by atoms with Crippen LogP contribution in [-0.2, 0) is 20.9 Å². The van der Waals surface area contributed by atoms with Crippen molar-refractivity contribution in [1.29, 1.82) is 0 Å². The Morgan fingerprint density at radius 1 is 1.44 bits per heavy atom. The molecule has 1 aromatic heterocycles. The smallest absolute Gasteiger partial charge is 0.332 e. The molecule has 1 aliphatic rings. The molecule has 2 N–H and O–H groups in total. The number of aromatic nitrogens is 2. The van der Waals surface area contributed by atoms with Crippen LogP contribution in [-0.4, -0.2) is 39.2 Å². The molecule has 1 saturated heterocycles. The van der Waals surface area contributed by atoms with Crippen molar-refractivity contribution in [3.8, 4) is 0 Å². The molecular weight excluding hydrogens is 238 g/mol. The SMILES string of the molecule is O=C(NCc1ccncn1)[C@@H]1CC[C@H](C(=O)O)O1. The van der Waals surface area contributed by atoms with Crippen LogP contribution in [0.2, 0.25) is 0 Å². The van der Waals surface area contributed by atoms with Gasteiger partial charge in [0.05, 0.1) is 12.2 Å². The summed E-state index contributed by atoms with van der Waals surface area (Å²) in [6.07, 6.45) is 2.20. The van der Waals surface area contributed by atoms with E-state index in [1.165, 1.54) is 6.33 Å². The van der Waals surface area contributed by atoms with E-state index < -0.39 is 18.2 Å². The fourth-order valence-electron chi connectivity index (χ4n) is 1.73. The number of carboxylic acid groups (broad SMARTS) is 1. The van der Waals surface area contributed by atoms with E-state index in [9.17, 15) is 9.59 Å². The summed E-state index contributed by atoms with van der Waals surface area (Å²) in [5.41, 5.74) is 0.686. The van der Waals surface area contributed by atoms with E-state index in [1.54, 1.807) is 12.3 Å². The monoisotopic (exact) mass is 251 g/mol. The zero-order valence-electron chi connectivity index (χ0n) is 9.57. The van der Waals surface area contributed by atoms with Crippen LogP contribution in [0.5, 0.6) is 0 Å². The van der Waals surface area contributed by atoms with Gasteiger partial charge in [-0.2, -0.15) is 0 Å². The maximum absolute atomic E-state index is 11.7. The van der Waals surface area contributed by atoms with Gasteiger partial charge in [0.25, 0.3) is 0 Å². The van der Waals surface area contributed by atoms with Gasteiger partial charge >= 0.3 is 5.97 Å². The van der Waals surface area contributed by atoms with Crippen LogP contribution < -0.4 is 5.32 Å². The van der Waals surface area contributed by atoms with Crippen molar-refractivity contribution < 1.29 is 19.4 Å². The number of nitrogens with one attached hydrogen (secondary N) is 1. The van der Waals surface area contributed by atoms with Crippen molar-refractivity contribution in [3.05, 3.63) is 24.3 Å². The molecule has 18 heavy (non-hydrogen) atoms. The molecule has 0 aromatic carbocycles. The third-order valence-electron chi connectivity index (χ3n) is 2.67. The minimum atomic E-state index is -1.03. The third kappa shape index (κ3) is 3.01. The van der Waals surface area contributed by atoms with Gasteiger partial charge < -0.3 is 15.2 Å². The Balaban J connectivity index is 1.81. The van der Waals surface area contributed by atoms with Gasteiger partial charge in [-0.15, -0.1) is 0 Å². The van der Waals surface area contributed by atoms with Gasteiger partial charge in [-0.05, 0) is 18.9 Å². The highest BCUT2D eigenvalue weighted by Crippen LogP contribution is 2.19. The lowest BCUT2D eigenvalue weighted by atomic mass is 10.2. The molecule has 2 rings (SSSR count). The molecule has 0 spiro atoms. The number of nitrogens with zero attached hydrogens (tertiary/aromatic N) is 2. The number of hydrogen-bond donors (Lipinski definition) is 2. The zero-order valence-corrected chi connectivity index (χ0v) is 9.57. The first kappa shape index (κ1) is 12.4. The highest BCUT2D eigenvalue weighted by molar-refractivity contribution is 5.82. The Hall–Kier alpha value is -2.02. The molecule has 2 atom stereocenters. The first-order chi connectivity index (χ1) is 8.66. The van der Waals surface area contributed by atoms with Gasteiger partial charge in [0.2, 0.25) is 5.91 Å². The second-order valence-electron chi connectivity index (χ2n) is 3.95. The minimum Gasteiger partial charge on any atom is -0.479 e. The topological polar surface area (TPSA) is 101 Å². The standard InChI is InChI=1S/C11H13N3O4/c15-10(8-1-2-9(18-8)11(16)17)13-5-7-3-4-12-6-14-7/h3-4,6,8-9H,1-2,5H2,(H,13,15)(H,16,17)/t8-,9+/m0/s1. The fraction of sp³-hybridized carbons (Fsp3) is 0.455. The van der Waals surface area contributed by atoms with Crippen molar-refractivity contribution in [2.75, 3.05) is 0 Å². The van der Waals surface area contributed by atoms with Gasteiger partial charge in [0, 0.05) is 6.20 Å². The fourth-order valence-corrected chi connectivity index (χ4v) is 1.73. The van der Waals surface area contributed by atoms with Crippen LogP contribution in [0.25, 0.3) is 0 Å². The number of carbonyl (C=O) groups excluding carboxylic acids is 1. The molecule has 1 aliphatic heterocycles. The molecular formula is C11H13N3O4. The van der Waals surface area contributed by atoms with Crippen LogP contribution in [0.15, 0.2) is 18.6 Å². The molecule has 0 unspecified atom stereocenters. The average molecular weight is 251 g/mol. The van der Waals surface area contributed by atoms with Crippen molar-refractivity contribution >= 4 is 11.9 Å². The van der Waals surface area contributed by atoms with E-state index in [2.05, 4.69) is 15.3 Å². The van der Waals surface area contributed by atoms with Crippen molar-refractivity contribution in [3.63, 3.8) is 0 Å². The van der Waals surface area contributed by atoms with E-state index in [-0.39, 0.29) is 12.5 Å². The predicted molar refractivity (Wildman–Crippen MR) is 59.4 cm³/mol. The average Bonchev–Trinajstić information content (AvgIpc) is 2.87. The first-order valence-corrected chi connectivity index (χ1v) is 5.57. The first-order valence-electron chi connectivity index (χ1n) is 5.57. The molecule has 7 heteroatoms. The second kappa shape index (κ2) is 5.54. The molecule has 0 aliphatic carbocycles. The Morgan fingerprint density at radius 3 is 2.83 bits per heavy atom. The van der Waals surface area contributed by atoms with Crippen molar-refractivity contribution in [2.24, 2.45) is 0 Å². The largest absolute Gasteiger partial charge is 0.479 e. The normalized spacial score (nSPS) is 22.7. The summed E-state index contributed by atoms with van der Waals surface area (Å²) in [7, 11) is 0. The van der Waals surface area contributed by atoms with Crippen LogP contribution in [0.3, 0.4) is 0 Å². The molecule has 0 bridgehead atoms. The Labute approximate surface area is 103 Å². The Morgan fingerprint density at radius 2 is 2.22 bits per heavy atom. The number of carboxylic acids is 1. The lowest BCUT2D eigenvalue weighted by Gasteiger charge is -2.11.